The Bertz CT molecular complexity index is 546. The first-order valence-corrected chi connectivity index (χ1v) is 6.35. The minimum Gasteiger partial charge on any atom is -0.391 e. The predicted octanol–water partition coefficient (Wildman–Crippen LogP) is 2.69. The quantitative estimate of drug-likeness (QED) is 0.402. The molecule has 3 atom stereocenters. The highest BCUT2D eigenvalue weighted by Gasteiger charge is 2.48. The molecule has 0 radical (unpaired) electrons. The van der Waals surface area contributed by atoms with Crippen molar-refractivity contribution in [1.29, 1.82) is 0 Å². The van der Waals surface area contributed by atoms with Crippen molar-refractivity contribution in [1.82, 2.24) is 9.88 Å². The summed E-state index contributed by atoms with van der Waals surface area (Å²) in [6.45, 7) is -0.422. The van der Waals surface area contributed by atoms with E-state index in [4.69, 9.17) is 17.1 Å². The number of β-amino-alcohol motifs (C(OH)–C–C–N with tert-alkyl or cyclic N) is 1. The van der Waals surface area contributed by atoms with Crippen LogP contribution in [0.15, 0.2) is 23.4 Å². The molecule has 0 saturated carbocycles. The van der Waals surface area contributed by atoms with Crippen LogP contribution < -0.4 is 0 Å². The molecule has 0 amide bonds. The molecule has 6 nitrogen and oxygen atoms in total. The third kappa shape index (κ3) is 3.56. The number of azide groups is 1. The summed E-state index contributed by atoms with van der Waals surface area (Å²) < 4.78 is 39.9. The van der Waals surface area contributed by atoms with Gasteiger partial charge in [0.15, 0.2) is 0 Å². The zero-order chi connectivity index (χ0) is 15.6. The van der Waals surface area contributed by atoms with Crippen molar-refractivity contribution in [2.24, 2.45) is 5.11 Å². The first-order valence-electron chi connectivity index (χ1n) is 5.97. The van der Waals surface area contributed by atoms with E-state index >= 15 is 0 Å². The fourth-order valence-corrected chi connectivity index (χ4v) is 2.46. The number of pyridine rings is 1. The zero-order valence-corrected chi connectivity index (χ0v) is 11.3. The van der Waals surface area contributed by atoms with Gasteiger partial charge in [-0.3, -0.25) is 4.90 Å². The lowest BCUT2D eigenvalue weighted by Gasteiger charge is -2.29. The van der Waals surface area contributed by atoms with E-state index in [1.165, 1.54) is 12.1 Å². The molecule has 1 aromatic heterocycles. The second-order valence-electron chi connectivity index (χ2n) is 4.65. The van der Waals surface area contributed by atoms with Crippen LogP contribution in [0, 0.1) is 0 Å². The third-order valence-corrected chi connectivity index (χ3v) is 3.45. The molecular formula is C11H11ClF3N5O. The van der Waals surface area contributed by atoms with Crippen LogP contribution >= 0.6 is 11.6 Å². The molecule has 0 bridgehead atoms. The smallest absolute Gasteiger partial charge is 0.391 e. The van der Waals surface area contributed by atoms with Crippen LogP contribution in [0.1, 0.15) is 11.6 Å². The summed E-state index contributed by atoms with van der Waals surface area (Å²) in [5.41, 5.74) is 8.28. The molecule has 1 fully saturated rings. The maximum atomic E-state index is 13.3. The van der Waals surface area contributed by atoms with Crippen molar-refractivity contribution in [3.63, 3.8) is 0 Å². The van der Waals surface area contributed by atoms with Gasteiger partial charge in [-0.2, -0.15) is 13.2 Å². The number of halogens is 4. The Morgan fingerprint density at radius 3 is 2.71 bits per heavy atom. The molecule has 0 spiro atoms. The van der Waals surface area contributed by atoms with Crippen molar-refractivity contribution in [2.75, 3.05) is 13.1 Å². The Morgan fingerprint density at radius 2 is 2.19 bits per heavy atom. The van der Waals surface area contributed by atoms with Crippen LogP contribution in [-0.4, -0.2) is 46.4 Å². The summed E-state index contributed by atoms with van der Waals surface area (Å²) in [4.78, 5) is 7.21. The number of alkyl halides is 3. The van der Waals surface area contributed by atoms with Gasteiger partial charge in [-0.1, -0.05) is 22.8 Å². The van der Waals surface area contributed by atoms with E-state index in [-0.39, 0.29) is 23.8 Å². The normalized spacial score (nSPS) is 24.6. The minimum absolute atomic E-state index is 0.0827. The monoisotopic (exact) mass is 321 g/mol. The van der Waals surface area contributed by atoms with Crippen LogP contribution in [0.25, 0.3) is 10.4 Å². The van der Waals surface area contributed by atoms with Gasteiger partial charge in [-0.25, -0.2) is 4.98 Å². The Hall–Kier alpha value is -1.54. The summed E-state index contributed by atoms with van der Waals surface area (Å²) in [6, 6.07) is -0.329. The van der Waals surface area contributed by atoms with Gasteiger partial charge < -0.3 is 5.11 Å². The van der Waals surface area contributed by atoms with Gasteiger partial charge >= 0.3 is 6.18 Å². The summed E-state index contributed by atoms with van der Waals surface area (Å²) in [7, 11) is 0. The van der Waals surface area contributed by atoms with Gasteiger partial charge in [0.25, 0.3) is 0 Å². The molecule has 114 valence electrons. The van der Waals surface area contributed by atoms with Crippen LogP contribution in [0.5, 0.6) is 0 Å². The maximum Gasteiger partial charge on any atom is 0.408 e. The van der Waals surface area contributed by atoms with E-state index in [0.717, 1.165) is 11.1 Å². The lowest BCUT2D eigenvalue weighted by Crippen LogP contribution is -2.37. The molecule has 2 heterocycles. The molecule has 1 N–H and O–H groups in total. The SMILES string of the molecule is [N-]=[N+]=NC1CN([C@H](c2ccc(Cl)nc2)C(F)(F)F)C[C@@H]1O. The molecule has 1 aliphatic heterocycles. The lowest BCUT2D eigenvalue weighted by atomic mass is 10.1. The maximum absolute atomic E-state index is 13.3. The number of aliphatic hydroxyl groups excluding tert-OH is 1. The summed E-state index contributed by atoms with van der Waals surface area (Å²) in [6.07, 6.45) is -4.64. The predicted molar refractivity (Wildman–Crippen MR) is 68.6 cm³/mol. The number of likely N-dealkylation sites (tertiary alicyclic amines) is 1. The van der Waals surface area contributed by atoms with Crippen LogP contribution in [0.4, 0.5) is 13.2 Å². The molecular weight excluding hydrogens is 311 g/mol. The highest BCUT2D eigenvalue weighted by Crippen LogP contribution is 2.39. The molecule has 21 heavy (non-hydrogen) atoms. The van der Waals surface area contributed by atoms with E-state index in [1.807, 2.05) is 0 Å². The molecule has 1 aromatic rings. The Kier molecular flexibility index (Phi) is 4.58. The van der Waals surface area contributed by atoms with Gasteiger partial charge in [0.2, 0.25) is 0 Å². The zero-order valence-electron chi connectivity index (χ0n) is 10.6. The molecule has 0 aromatic carbocycles. The number of aromatic nitrogens is 1. The van der Waals surface area contributed by atoms with Gasteiger partial charge in [-0.05, 0) is 17.2 Å². The minimum atomic E-state index is -4.56. The Morgan fingerprint density at radius 1 is 1.48 bits per heavy atom. The average Bonchev–Trinajstić information content (AvgIpc) is 2.72. The number of nitrogens with zero attached hydrogens (tertiary/aromatic N) is 5. The number of aliphatic hydroxyl groups is 1. The summed E-state index contributed by atoms with van der Waals surface area (Å²) in [5.74, 6) is 0. The topological polar surface area (TPSA) is 85.1 Å². The molecule has 1 unspecified atom stereocenters. The largest absolute Gasteiger partial charge is 0.408 e. The fourth-order valence-electron chi connectivity index (χ4n) is 2.34. The molecule has 2 rings (SSSR count). The Labute approximate surface area is 122 Å². The summed E-state index contributed by atoms with van der Waals surface area (Å²) in [5, 5.41) is 13.1. The van der Waals surface area contributed by atoms with Gasteiger partial charge in [0, 0.05) is 24.2 Å². The van der Waals surface area contributed by atoms with Gasteiger partial charge in [-0.15, -0.1) is 0 Å². The number of rotatable bonds is 3. The van der Waals surface area contributed by atoms with Crippen LogP contribution in [-0.2, 0) is 0 Å². The second kappa shape index (κ2) is 6.07. The third-order valence-electron chi connectivity index (χ3n) is 3.23. The number of hydrogen-bond donors (Lipinski definition) is 1. The first-order chi connectivity index (χ1) is 9.82. The second-order valence-corrected chi connectivity index (χ2v) is 5.04. The van der Waals surface area contributed by atoms with Crippen molar-refractivity contribution in [2.45, 2.75) is 24.4 Å². The standard InChI is InChI=1S/C11H11ClF3N5O/c12-9-2-1-6(3-17-9)10(11(13,14)15)20-4-7(18-19-16)8(21)5-20/h1-3,7-8,10,21H,4-5H2/t7?,8-,10+/m0/s1. The van der Waals surface area contributed by atoms with Crippen molar-refractivity contribution >= 4 is 11.6 Å². The number of hydrogen-bond acceptors (Lipinski definition) is 4. The van der Waals surface area contributed by atoms with Crippen molar-refractivity contribution < 1.29 is 18.3 Å². The van der Waals surface area contributed by atoms with Crippen LogP contribution in [0.3, 0.4) is 0 Å². The van der Waals surface area contributed by atoms with E-state index in [1.54, 1.807) is 0 Å². The van der Waals surface area contributed by atoms with Gasteiger partial charge in [0.1, 0.15) is 11.2 Å². The van der Waals surface area contributed by atoms with Crippen molar-refractivity contribution in [3.8, 4) is 0 Å². The molecule has 10 heteroatoms. The molecule has 1 aliphatic rings. The first kappa shape index (κ1) is 15.8. The Balaban J connectivity index is 2.30. The van der Waals surface area contributed by atoms with E-state index < -0.39 is 24.4 Å². The summed E-state index contributed by atoms with van der Waals surface area (Å²) >= 11 is 5.58. The van der Waals surface area contributed by atoms with Crippen molar-refractivity contribution in [3.05, 3.63) is 39.5 Å². The average molecular weight is 322 g/mol. The highest BCUT2D eigenvalue weighted by molar-refractivity contribution is 6.29. The highest BCUT2D eigenvalue weighted by atomic mass is 35.5. The van der Waals surface area contributed by atoms with Crippen LogP contribution in [0.2, 0.25) is 5.15 Å². The molecule has 0 aliphatic carbocycles. The molecule has 1 saturated heterocycles. The van der Waals surface area contributed by atoms with E-state index in [0.29, 0.717) is 0 Å². The van der Waals surface area contributed by atoms with Gasteiger partial charge in [0.05, 0.1) is 12.1 Å². The lowest BCUT2D eigenvalue weighted by molar-refractivity contribution is -0.184. The van der Waals surface area contributed by atoms with E-state index in [2.05, 4.69) is 15.0 Å². The van der Waals surface area contributed by atoms with E-state index in [9.17, 15) is 18.3 Å². The fraction of sp³-hybridized carbons (Fsp3) is 0.545.